The molecule has 0 atom stereocenters. The van der Waals surface area contributed by atoms with Crippen LogP contribution in [0, 0.1) is 0 Å². The standard InChI is InChI=1S/C13H8ClNO4S/c14-9-6-7-11-12(8-9)19-13(16)15(11)20(17,18)10-4-2-1-3-5-10/h1-8H. The Kier molecular flexibility index (Phi) is 2.92. The second kappa shape index (κ2) is 4.50. The van der Waals surface area contributed by atoms with Gasteiger partial charge in [0.15, 0.2) is 5.58 Å². The van der Waals surface area contributed by atoms with Gasteiger partial charge in [0.05, 0.1) is 4.90 Å². The summed E-state index contributed by atoms with van der Waals surface area (Å²) in [6.45, 7) is 0. The van der Waals surface area contributed by atoms with Crippen molar-refractivity contribution in [1.82, 2.24) is 3.97 Å². The number of halogens is 1. The van der Waals surface area contributed by atoms with Crippen LogP contribution in [0.1, 0.15) is 0 Å². The number of hydrogen-bond donors (Lipinski definition) is 0. The summed E-state index contributed by atoms with van der Waals surface area (Å²) in [5, 5.41) is 0.357. The number of rotatable bonds is 2. The van der Waals surface area contributed by atoms with Crippen molar-refractivity contribution in [2.24, 2.45) is 0 Å². The average molecular weight is 310 g/mol. The van der Waals surface area contributed by atoms with Gasteiger partial charge in [-0.2, -0.15) is 3.97 Å². The Bertz CT molecular complexity index is 941. The Morgan fingerprint density at radius 3 is 2.45 bits per heavy atom. The predicted molar refractivity (Wildman–Crippen MR) is 74.5 cm³/mol. The van der Waals surface area contributed by atoms with E-state index in [0.717, 1.165) is 0 Å². The molecule has 5 nitrogen and oxygen atoms in total. The highest BCUT2D eigenvalue weighted by Gasteiger charge is 2.23. The fourth-order valence-electron chi connectivity index (χ4n) is 1.90. The Morgan fingerprint density at radius 2 is 1.75 bits per heavy atom. The molecule has 2 aromatic carbocycles. The van der Waals surface area contributed by atoms with Crippen LogP contribution >= 0.6 is 11.6 Å². The maximum atomic E-state index is 12.5. The van der Waals surface area contributed by atoms with Crippen LogP contribution in [0.3, 0.4) is 0 Å². The molecule has 102 valence electrons. The van der Waals surface area contributed by atoms with Crippen LogP contribution in [-0.4, -0.2) is 12.4 Å². The highest BCUT2D eigenvalue weighted by atomic mass is 35.5. The van der Waals surface area contributed by atoms with Gasteiger partial charge >= 0.3 is 5.76 Å². The van der Waals surface area contributed by atoms with Crippen LogP contribution in [-0.2, 0) is 10.0 Å². The summed E-state index contributed by atoms with van der Waals surface area (Å²) < 4.78 is 30.5. The second-order valence-electron chi connectivity index (χ2n) is 4.06. The first kappa shape index (κ1) is 13.0. The van der Waals surface area contributed by atoms with Crippen LogP contribution in [0.4, 0.5) is 0 Å². The molecule has 0 saturated carbocycles. The first-order chi connectivity index (χ1) is 9.50. The summed E-state index contributed by atoms with van der Waals surface area (Å²) in [7, 11) is -4.00. The molecule has 3 aromatic rings. The van der Waals surface area contributed by atoms with Gasteiger partial charge in [-0.25, -0.2) is 13.2 Å². The first-order valence-corrected chi connectivity index (χ1v) is 7.44. The van der Waals surface area contributed by atoms with Gasteiger partial charge in [-0.05, 0) is 24.3 Å². The van der Waals surface area contributed by atoms with Crippen molar-refractivity contribution in [3.8, 4) is 0 Å². The Balaban J connectivity index is 2.36. The Morgan fingerprint density at radius 1 is 1.05 bits per heavy atom. The lowest BCUT2D eigenvalue weighted by Crippen LogP contribution is -2.23. The van der Waals surface area contributed by atoms with Gasteiger partial charge in [0, 0.05) is 11.1 Å². The Hall–Kier alpha value is -2.05. The number of nitrogens with zero attached hydrogens (tertiary/aromatic N) is 1. The molecule has 0 aliphatic rings. The number of benzene rings is 2. The van der Waals surface area contributed by atoms with Crippen LogP contribution in [0.15, 0.2) is 62.6 Å². The first-order valence-electron chi connectivity index (χ1n) is 5.62. The maximum absolute atomic E-state index is 12.5. The highest BCUT2D eigenvalue weighted by molar-refractivity contribution is 7.90. The van der Waals surface area contributed by atoms with E-state index in [0.29, 0.717) is 9.00 Å². The zero-order chi connectivity index (χ0) is 14.3. The summed E-state index contributed by atoms with van der Waals surface area (Å²) >= 11 is 5.79. The topological polar surface area (TPSA) is 69.3 Å². The molecule has 0 amide bonds. The lowest BCUT2D eigenvalue weighted by Gasteiger charge is -2.04. The van der Waals surface area contributed by atoms with E-state index < -0.39 is 15.8 Å². The van der Waals surface area contributed by atoms with Gasteiger partial charge in [-0.3, -0.25) is 0 Å². The van der Waals surface area contributed by atoms with E-state index in [1.54, 1.807) is 18.2 Å². The van der Waals surface area contributed by atoms with Gasteiger partial charge < -0.3 is 4.42 Å². The molecule has 0 bridgehead atoms. The molecule has 3 rings (SSSR count). The zero-order valence-electron chi connectivity index (χ0n) is 9.99. The number of aromatic nitrogens is 1. The average Bonchev–Trinajstić information content (AvgIpc) is 2.75. The van der Waals surface area contributed by atoms with Crippen molar-refractivity contribution in [2.45, 2.75) is 4.90 Å². The van der Waals surface area contributed by atoms with Crippen molar-refractivity contribution in [3.63, 3.8) is 0 Å². The SMILES string of the molecule is O=c1oc2cc(Cl)ccc2n1S(=O)(=O)c1ccccc1. The third-order valence-corrected chi connectivity index (χ3v) is 4.71. The summed E-state index contributed by atoms with van der Waals surface area (Å²) in [6.07, 6.45) is 0. The second-order valence-corrected chi connectivity index (χ2v) is 6.29. The van der Waals surface area contributed by atoms with E-state index in [4.69, 9.17) is 16.0 Å². The molecular formula is C13H8ClNO4S. The van der Waals surface area contributed by atoms with E-state index >= 15 is 0 Å². The molecule has 0 radical (unpaired) electrons. The molecule has 7 heteroatoms. The lowest BCUT2D eigenvalue weighted by atomic mass is 10.3. The summed E-state index contributed by atoms with van der Waals surface area (Å²) in [5.74, 6) is -0.967. The van der Waals surface area contributed by atoms with Crippen LogP contribution < -0.4 is 5.76 Å². The minimum Gasteiger partial charge on any atom is -0.407 e. The molecule has 0 N–H and O–H groups in total. The number of oxazole rings is 1. The van der Waals surface area contributed by atoms with E-state index in [-0.39, 0.29) is 16.0 Å². The smallest absolute Gasteiger partial charge is 0.407 e. The monoisotopic (exact) mass is 309 g/mol. The number of fused-ring (bicyclic) bond motifs is 1. The molecule has 1 aromatic heterocycles. The summed E-state index contributed by atoms with van der Waals surface area (Å²) in [4.78, 5) is 11.9. The van der Waals surface area contributed by atoms with Gasteiger partial charge in [0.1, 0.15) is 5.52 Å². The normalized spacial score (nSPS) is 11.8. The van der Waals surface area contributed by atoms with Crippen LogP contribution in [0.5, 0.6) is 0 Å². The van der Waals surface area contributed by atoms with Crippen molar-refractivity contribution in [2.75, 3.05) is 0 Å². The van der Waals surface area contributed by atoms with Crippen molar-refractivity contribution in [3.05, 3.63) is 64.1 Å². The quantitative estimate of drug-likeness (QED) is 0.729. The molecule has 0 fully saturated rings. The maximum Gasteiger partial charge on any atom is 0.434 e. The largest absolute Gasteiger partial charge is 0.434 e. The lowest BCUT2D eigenvalue weighted by molar-refractivity contribution is 0.534. The minimum absolute atomic E-state index is 0.0137. The van der Waals surface area contributed by atoms with E-state index in [1.165, 1.54) is 30.3 Å². The highest BCUT2D eigenvalue weighted by Crippen LogP contribution is 2.22. The van der Waals surface area contributed by atoms with Gasteiger partial charge in [0.25, 0.3) is 10.0 Å². The van der Waals surface area contributed by atoms with E-state index in [9.17, 15) is 13.2 Å². The van der Waals surface area contributed by atoms with Crippen LogP contribution in [0.2, 0.25) is 5.02 Å². The predicted octanol–water partition coefficient (Wildman–Crippen LogP) is 2.48. The third-order valence-electron chi connectivity index (χ3n) is 2.79. The molecular weight excluding hydrogens is 302 g/mol. The zero-order valence-corrected chi connectivity index (χ0v) is 11.6. The van der Waals surface area contributed by atoms with Crippen molar-refractivity contribution in [1.29, 1.82) is 0 Å². The summed E-state index contributed by atoms with van der Waals surface area (Å²) in [5.41, 5.74) is 0.283. The molecule has 0 aliphatic carbocycles. The number of hydrogen-bond acceptors (Lipinski definition) is 4. The Labute approximate surface area is 119 Å². The van der Waals surface area contributed by atoms with Crippen molar-refractivity contribution >= 4 is 32.7 Å². The molecule has 0 aliphatic heterocycles. The molecule has 0 unspecified atom stereocenters. The van der Waals surface area contributed by atoms with Crippen LogP contribution in [0.25, 0.3) is 11.1 Å². The van der Waals surface area contributed by atoms with E-state index in [1.807, 2.05) is 0 Å². The van der Waals surface area contributed by atoms with Gasteiger partial charge in [0.2, 0.25) is 0 Å². The molecule has 0 saturated heterocycles. The summed E-state index contributed by atoms with van der Waals surface area (Å²) in [6, 6.07) is 12.0. The molecule has 0 spiro atoms. The van der Waals surface area contributed by atoms with Crippen molar-refractivity contribution < 1.29 is 12.8 Å². The van der Waals surface area contributed by atoms with E-state index in [2.05, 4.69) is 0 Å². The molecule has 1 heterocycles. The minimum atomic E-state index is -4.00. The molecule has 20 heavy (non-hydrogen) atoms. The van der Waals surface area contributed by atoms with Gasteiger partial charge in [-0.1, -0.05) is 29.8 Å². The fourth-order valence-corrected chi connectivity index (χ4v) is 3.41. The van der Waals surface area contributed by atoms with Gasteiger partial charge in [-0.15, -0.1) is 0 Å². The third kappa shape index (κ3) is 1.93. The fraction of sp³-hybridized carbons (Fsp3) is 0.